The van der Waals surface area contributed by atoms with Crippen LogP contribution in [-0.2, 0) is 6.54 Å². The summed E-state index contributed by atoms with van der Waals surface area (Å²) in [6.45, 7) is 3.73. The van der Waals surface area contributed by atoms with Crippen LogP contribution in [0, 0.1) is 11.3 Å². The van der Waals surface area contributed by atoms with E-state index in [0.29, 0.717) is 18.2 Å². The van der Waals surface area contributed by atoms with E-state index in [-0.39, 0.29) is 17.2 Å². The molecule has 0 saturated carbocycles. The Labute approximate surface area is 184 Å². The highest BCUT2D eigenvalue weighted by Gasteiger charge is 2.17. The molecule has 1 aliphatic heterocycles. The van der Waals surface area contributed by atoms with Crippen LogP contribution in [0.1, 0.15) is 21.7 Å². The zero-order valence-corrected chi connectivity index (χ0v) is 17.1. The minimum absolute atomic E-state index is 0.0536. The van der Waals surface area contributed by atoms with Crippen LogP contribution in [0.4, 0.5) is 17.5 Å². The van der Waals surface area contributed by atoms with E-state index in [1.54, 1.807) is 12.3 Å². The summed E-state index contributed by atoms with van der Waals surface area (Å²) in [6, 6.07) is 9.43. The van der Waals surface area contributed by atoms with Crippen LogP contribution in [-0.4, -0.2) is 57.2 Å². The van der Waals surface area contributed by atoms with Gasteiger partial charge in [0.05, 0.1) is 18.1 Å². The van der Waals surface area contributed by atoms with E-state index in [4.69, 9.17) is 16.0 Å². The predicted molar refractivity (Wildman–Crippen MR) is 118 cm³/mol. The first-order valence-electron chi connectivity index (χ1n) is 9.97. The van der Waals surface area contributed by atoms with Gasteiger partial charge < -0.3 is 26.4 Å². The van der Waals surface area contributed by atoms with Crippen molar-refractivity contribution in [2.24, 2.45) is 0 Å². The minimum atomic E-state index is -1.25. The van der Waals surface area contributed by atoms with Gasteiger partial charge >= 0.3 is 5.97 Å². The molecule has 0 unspecified atom stereocenters. The van der Waals surface area contributed by atoms with Gasteiger partial charge in [0.25, 0.3) is 0 Å². The first-order valence-corrected chi connectivity index (χ1v) is 9.97. The Morgan fingerprint density at radius 3 is 2.62 bits per heavy atom. The van der Waals surface area contributed by atoms with Crippen molar-refractivity contribution in [3.05, 3.63) is 53.6 Å². The molecule has 11 nitrogen and oxygen atoms in total. The van der Waals surface area contributed by atoms with Crippen molar-refractivity contribution < 1.29 is 9.90 Å². The number of nitrogens with two attached hydrogens (primary N) is 1. The van der Waals surface area contributed by atoms with Crippen LogP contribution < -0.4 is 21.3 Å². The van der Waals surface area contributed by atoms with Gasteiger partial charge in [-0.3, -0.25) is 0 Å². The van der Waals surface area contributed by atoms with Gasteiger partial charge in [0.2, 0.25) is 0 Å². The summed E-state index contributed by atoms with van der Waals surface area (Å²) in [4.78, 5) is 30.3. The molecule has 0 atom stereocenters. The van der Waals surface area contributed by atoms with Crippen molar-refractivity contribution in [1.82, 2.24) is 25.3 Å². The number of carboxylic acids is 1. The Balaban J connectivity index is 1.48. The molecule has 1 aromatic carbocycles. The molecule has 1 fully saturated rings. The number of aromatic nitrogens is 4. The second kappa shape index (κ2) is 9.23. The summed E-state index contributed by atoms with van der Waals surface area (Å²) >= 11 is 0. The van der Waals surface area contributed by atoms with E-state index in [1.807, 2.05) is 24.3 Å². The molecule has 2 aromatic heterocycles. The van der Waals surface area contributed by atoms with E-state index >= 15 is 0 Å². The number of piperazine rings is 1. The maximum Gasteiger partial charge on any atom is 0.358 e. The highest BCUT2D eigenvalue weighted by Crippen LogP contribution is 2.24. The number of nitrogen functional groups attached to an aromatic ring is 1. The van der Waals surface area contributed by atoms with Crippen LogP contribution in [0.2, 0.25) is 0 Å². The Morgan fingerprint density at radius 1 is 1.19 bits per heavy atom. The third kappa shape index (κ3) is 4.55. The Kier molecular flexibility index (Phi) is 6.05. The molecular weight excluding hydrogens is 410 g/mol. The highest BCUT2D eigenvalue weighted by atomic mass is 16.4. The lowest BCUT2D eigenvalue weighted by Crippen LogP contribution is -2.44. The lowest BCUT2D eigenvalue weighted by molar-refractivity contribution is 0.0691. The van der Waals surface area contributed by atoms with Crippen molar-refractivity contribution in [1.29, 1.82) is 5.26 Å². The number of nitrogens with zero attached hydrogens (tertiary/aromatic N) is 6. The molecule has 1 saturated heterocycles. The summed E-state index contributed by atoms with van der Waals surface area (Å²) in [7, 11) is 0. The smallest absolute Gasteiger partial charge is 0.358 e. The summed E-state index contributed by atoms with van der Waals surface area (Å²) < 4.78 is 0. The predicted octanol–water partition coefficient (Wildman–Crippen LogP) is 1.11. The van der Waals surface area contributed by atoms with Crippen molar-refractivity contribution >= 4 is 23.4 Å². The number of nitrogens with one attached hydrogen (secondary N) is 2. The van der Waals surface area contributed by atoms with E-state index in [9.17, 15) is 9.90 Å². The van der Waals surface area contributed by atoms with Crippen LogP contribution in [0.25, 0.3) is 11.3 Å². The first kappa shape index (κ1) is 21.0. The van der Waals surface area contributed by atoms with Crippen molar-refractivity contribution in [3.63, 3.8) is 0 Å². The number of carboxylic acid groups (broad SMARTS) is 1. The molecule has 11 heteroatoms. The lowest BCUT2D eigenvalue weighted by Gasteiger charge is -2.29. The number of rotatable bonds is 6. The topological polar surface area (TPSA) is 166 Å². The van der Waals surface area contributed by atoms with Crippen molar-refractivity contribution in [2.45, 2.75) is 6.54 Å². The molecule has 5 N–H and O–H groups in total. The number of carbonyl (C=O) groups is 1. The fourth-order valence-electron chi connectivity index (χ4n) is 3.34. The standard InChI is InChI=1S/C21H21N9O2/c22-9-15-11-27-19(17(28-15)21(31)32)26-10-13-1-3-14(4-2-13)16-12-25-18(23)20(29-16)30-7-5-24-6-8-30/h1-4,11-12,24H,5-8,10H2,(H2,23,25)(H,26,27)(H,31,32). The van der Waals surface area contributed by atoms with Gasteiger partial charge in [-0.05, 0) is 5.56 Å². The van der Waals surface area contributed by atoms with Gasteiger partial charge in [-0.15, -0.1) is 0 Å². The molecule has 0 spiro atoms. The SMILES string of the molecule is N#Cc1cnc(NCc2ccc(-c3cnc(N)c(N4CCNCC4)n3)cc2)c(C(=O)O)n1. The Hall–Kier alpha value is -4.30. The minimum Gasteiger partial charge on any atom is -0.476 e. The molecule has 1 aliphatic rings. The third-order valence-corrected chi connectivity index (χ3v) is 5.00. The number of benzene rings is 1. The van der Waals surface area contributed by atoms with Gasteiger partial charge in [-0.25, -0.2) is 24.7 Å². The normalized spacial score (nSPS) is 13.4. The average Bonchev–Trinajstić information content (AvgIpc) is 2.84. The molecule has 162 valence electrons. The van der Waals surface area contributed by atoms with Crippen LogP contribution in [0.3, 0.4) is 0 Å². The van der Waals surface area contributed by atoms with Gasteiger partial charge in [0.1, 0.15) is 6.07 Å². The largest absolute Gasteiger partial charge is 0.476 e. The molecule has 0 amide bonds. The van der Waals surface area contributed by atoms with Gasteiger partial charge in [0.15, 0.2) is 28.8 Å². The number of hydrogen-bond donors (Lipinski definition) is 4. The van der Waals surface area contributed by atoms with Gasteiger partial charge in [-0.1, -0.05) is 24.3 Å². The zero-order valence-electron chi connectivity index (χ0n) is 17.1. The lowest BCUT2D eigenvalue weighted by atomic mass is 10.1. The Bertz CT molecular complexity index is 1170. The first-order chi connectivity index (χ1) is 15.5. The summed E-state index contributed by atoms with van der Waals surface area (Å²) in [5.41, 5.74) is 8.22. The van der Waals surface area contributed by atoms with Crippen LogP contribution in [0.5, 0.6) is 0 Å². The van der Waals surface area contributed by atoms with E-state index in [0.717, 1.165) is 43.0 Å². The van der Waals surface area contributed by atoms with Crippen molar-refractivity contribution in [2.75, 3.05) is 42.1 Å². The molecule has 3 heterocycles. The number of anilines is 3. The van der Waals surface area contributed by atoms with E-state index in [2.05, 4.69) is 30.5 Å². The van der Waals surface area contributed by atoms with Gasteiger partial charge in [0, 0.05) is 38.3 Å². The highest BCUT2D eigenvalue weighted by molar-refractivity contribution is 5.90. The fourth-order valence-corrected chi connectivity index (χ4v) is 3.34. The third-order valence-electron chi connectivity index (χ3n) is 5.00. The number of hydrogen-bond acceptors (Lipinski definition) is 10. The average molecular weight is 431 g/mol. The maximum absolute atomic E-state index is 11.4. The molecule has 32 heavy (non-hydrogen) atoms. The molecule has 4 rings (SSSR count). The molecule has 0 bridgehead atoms. The van der Waals surface area contributed by atoms with E-state index in [1.165, 1.54) is 6.20 Å². The number of nitriles is 1. The summed E-state index contributed by atoms with van der Waals surface area (Å²) in [5.74, 6) is -0.0510. The zero-order chi connectivity index (χ0) is 22.5. The monoisotopic (exact) mass is 431 g/mol. The molecule has 3 aromatic rings. The van der Waals surface area contributed by atoms with Crippen molar-refractivity contribution in [3.8, 4) is 17.3 Å². The molecule has 0 aliphatic carbocycles. The second-order valence-corrected chi connectivity index (χ2v) is 7.12. The summed E-state index contributed by atoms with van der Waals surface area (Å²) in [6.07, 6.45) is 2.88. The van der Waals surface area contributed by atoms with Crippen LogP contribution in [0.15, 0.2) is 36.7 Å². The maximum atomic E-state index is 11.4. The quantitative estimate of drug-likeness (QED) is 0.441. The number of aromatic carboxylic acids is 1. The molecule has 0 radical (unpaired) electrons. The van der Waals surface area contributed by atoms with E-state index < -0.39 is 5.97 Å². The summed E-state index contributed by atoms with van der Waals surface area (Å²) in [5, 5.41) is 24.4. The fraction of sp³-hybridized carbons (Fsp3) is 0.238. The Morgan fingerprint density at radius 2 is 1.94 bits per heavy atom. The van der Waals surface area contributed by atoms with Crippen LogP contribution >= 0.6 is 0 Å². The molecular formula is C21H21N9O2. The second-order valence-electron chi connectivity index (χ2n) is 7.12. The van der Waals surface area contributed by atoms with Gasteiger partial charge in [-0.2, -0.15) is 5.26 Å².